The molecule has 6 heteroatoms. The average molecular weight is 313 g/mol. The molecule has 3 nitrogen and oxygen atoms in total. The van der Waals surface area contributed by atoms with E-state index in [1.807, 2.05) is 17.5 Å². The molecule has 19 heavy (non-hydrogen) atoms. The molecule has 0 atom stereocenters. The number of rotatable bonds is 5. The normalized spacial score (nSPS) is 10.4. The van der Waals surface area contributed by atoms with E-state index in [2.05, 4.69) is 5.32 Å². The molecule has 0 spiro atoms. The number of anilines is 2. The van der Waals surface area contributed by atoms with Crippen LogP contribution >= 0.6 is 34.7 Å². The van der Waals surface area contributed by atoms with E-state index in [0.717, 1.165) is 5.75 Å². The van der Waals surface area contributed by atoms with Crippen molar-refractivity contribution < 1.29 is 4.79 Å². The Morgan fingerprint density at radius 2 is 2.26 bits per heavy atom. The van der Waals surface area contributed by atoms with Gasteiger partial charge in [0, 0.05) is 17.9 Å². The fourth-order valence-corrected chi connectivity index (χ4v) is 3.47. The van der Waals surface area contributed by atoms with E-state index >= 15 is 0 Å². The van der Waals surface area contributed by atoms with Crippen molar-refractivity contribution in [1.82, 2.24) is 0 Å². The van der Waals surface area contributed by atoms with Crippen molar-refractivity contribution in [2.45, 2.75) is 10.6 Å². The first-order valence-electron chi connectivity index (χ1n) is 5.66. The van der Waals surface area contributed by atoms with Gasteiger partial charge in [0.1, 0.15) is 0 Å². The molecule has 2 aromatic rings. The van der Waals surface area contributed by atoms with Crippen LogP contribution in [0.1, 0.15) is 6.42 Å². The number of thiophene rings is 1. The molecule has 1 aromatic heterocycles. The Balaban J connectivity index is 1.80. The summed E-state index contributed by atoms with van der Waals surface area (Å²) in [6.07, 6.45) is 0.448. The topological polar surface area (TPSA) is 55.1 Å². The zero-order valence-electron chi connectivity index (χ0n) is 10.1. The molecule has 1 amide bonds. The summed E-state index contributed by atoms with van der Waals surface area (Å²) in [6, 6.07) is 9.09. The van der Waals surface area contributed by atoms with Gasteiger partial charge in [-0.2, -0.15) is 0 Å². The second kappa shape index (κ2) is 6.84. The maximum atomic E-state index is 11.8. The Labute approximate surface area is 125 Å². The lowest BCUT2D eigenvalue weighted by Gasteiger charge is -2.07. The fraction of sp³-hybridized carbons (Fsp3) is 0.154. The SMILES string of the molecule is Nc1ccc(NC(=O)CCSc2cccs2)c(Cl)c1. The van der Waals surface area contributed by atoms with Gasteiger partial charge >= 0.3 is 0 Å². The van der Waals surface area contributed by atoms with Crippen LogP contribution in [0.3, 0.4) is 0 Å². The molecule has 0 saturated heterocycles. The highest BCUT2D eigenvalue weighted by atomic mass is 35.5. The number of halogens is 1. The highest BCUT2D eigenvalue weighted by Crippen LogP contribution is 2.26. The molecule has 0 radical (unpaired) electrons. The number of carbonyl (C=O) groups is 1. The zero-order chi connectivity index (χ0) is 13.7. The molecule has 0 unspecified atom stereocenters. The van der Waals surface area contributed by atoms with Crippen molar-refractivity contribution in [3.05, 3.63) is 40.7 Å². The third kappa shape index (κ3) is 4.45. The summed E-state index contributed by atoms with van der Waals surface area (Å²) < 4.78 is 1.22. The van der Waals surface area contributed by atoms with E-state index in [-0.39, 0.29) is 5.91 Å². The van der Waals surface area contributed by atoms with Gasteiger partial charge in [0.25, 0.3) is 0 Å². The number of hydrogen-bond acceptors (Lipinski definition) is 4. The largest absolute Gasteiger partial charge is 0.399 e. The molecule has 0 aliphatic carbocycles. The summed E-state index contributed by atoms with van der Waals surface area (Å²) in [7, 11) is 0. The van der Waals surface area contributed by atoms with Crippen molar-refractivity contribution in [3.8, 4) is 0 Å². The van der Waals surface area contributed by atoms with Crippen molar-refractivity contribution in [3.63, 3.8) is 0 Å². The zero-order valence-corrected chi connectivity index (χ0v) is 12.4. The van der Waals surface area contributed by atoms with Crippen LogP contribution in [-0.2, 0) is 4.79 Å². The lowest BCUT2D eigenvalue weighted by Crippen LogP contribution is -2.12. The first-order chi connectivity index (χ1) is 9.15. The van der Waals surface area contributed by atoms with Crippen LogP contribution in [0.15, 0.2) is 39.9 Å². The van der Waals surface area contributed by atoms with E-state index in [1.54, 1.807) is 41.3 Å². The standard InChI is InChI=1S/C13H13ClN2OS2/c14-10-8-9(15)3-4-11(10)16-12(17)5-7-19-13-2-1-6-18-13/h1-4,6,8H,5,7,15H2,(H,16,17). The predicted molar refractivity (Wildman–Crippen MR) is 84.2 cm³/mol. The van der Waals surface area contributed by atoms with Gasteiger partial charge in [-0.1, -0.05) is 17.7 Å². The number of nitrogens with one attached hydrogen (secondary N) is 1. The van der Waals surface area contributed by atoms with Gasteiger partial charge in [0.05, 0.1) is 14.9 Å². The third-order valence-corrected chi connectivity index (χ3v) is 4.78. The summed E-state index contributed by atoms with van der Waals surface area (Å²) in [6.45, 7) is 0. The van der Waals surface area contributed by atoms with E-state index in [9.17, 15) is 4.79 Å². The van der Waals surface area contributed by atoms with E-state index < -0.39 is 0 Å². The average Bonchev–Trinajstić information content (AvgIpc) is 2.86. The minimum absolute atomic E-state index is 0.0456. The molecule has 0 saturated carbocycles. The van der Waals surface area contributed by atoms with E-state index in [4.69, 9.17) is 17.3 Å². The number of nitrogens with two attached hydrogens (primary N) is 1. The van der Waals surface area contributed by atoms with Crippen molar-refractivity contribution in [2.75, 3.05) is 16.8 Å². The molecule has 1 heterocycles. The Bertz CT molecular complexity index is 558. The quantitative estimate of drug-likeness (QED) is 0.645. The van der Waals surface area contributed by atoms with Crippen molar-refractivity contribution in [2.24, 2.45) is 0 Å². The van der Waals surface area contributed by atoms with Gasteiger partial charge in [0.15, 0.2) is 0 Å². The van der Waals surface area contributed by atoms with Crippen molar-refractivity contribution in [1.29, 1.82) is 0 Å². The minimum Gasteiger partial charge on any atom is -0.399 e. The van der Waals surface area contributed by atoms with Crippen LogP contribution in [-0.4, -0.2) is 11.7 Å². The Kier molecular flexibility index (Phi) is 5.13. The molecule has 3 N–H and O–H groups in total. The third-order valence-electron chi connectivity index (χ3n) is 2.34. The molecule has 0 aliphatic rings. The monoisotopic (exact) mass is 312 g/mol. The summed E-state index contributed by atoms with van der Waals surface area (Å²) in [4.78, 5) is 11.8. The maximum absolute atomic E-state index is 11.8. The first kappa shape index (κ1) is 14.2. The predicted octanol–water partition coefficient (Wildman–Crippen LogP) is 4.10. The molecule has 100 valence electrons. The van der Waals surface area contributed by atoms with E-state index in [1.165, 1.54) is 4.21 Å². The molecule has 1 aromatic carbocycles. The Morgan fingerprint density at radius 1 is 1.42 bits per heavy atom. The maximum Gasteiger partial charge on any atom is 0.225 e. The Morgan fingerprint density at radius 3 is 2.95 bits per heavy atom. The highest BCUT2D eigenvalue weighted by Gasteiger charge is 2.06. The number of nitrogen functional groups attached to an aromatic ring is 1. The molecule has 0 aliphatic heterocycles. The van der Waals surface area contributed by atoms with Crippen LogP contribution in [0.5, 0.6) is 0 Å². The smallest absolute Gasteiger partial charge is 0.225 e. The Hall–Kier alpha value is -1.17. The van der Waals surface area contributed by atoms with Gasteiger partial charge in [0.2, 0.25) is 5.91 Å². The number of hydrogen-bond donors (Lipinski definition) is 2. The van der Waals surface area contributed by atoms with Gasteiger partial charge < -0.3 is 11.1 Å². The van der Waals surface area contributed by atoms with Crippen LogP contribution in [0, 0.1) is 0 Å². The molecule has 2 rings (SSSR count). The molecule has 0 fully saturated rings. The lowest BCUT2D eigenvalue weighted by atomic mass is 10.3. The second-order valence-corrected chi connectivity index (χ2v) is 6.57. The van der Waals surface area contributed by atoms with Gasteiger partial charge in [-0.3, -0.25) is 4.79 Å². The second-order valence-electron chi connectivity index (χ2n) is 3.82. The fourth-order valence-electron chi connectivity index (χ4n) is 1.44. The summed E-state index contributed by atoms with van der Waals surface area (Å²) in [5.41, 5.74) is 6.77. The molecular formula is C13H13ClN2OS2. The molecule has 0 bridgehead atoms. The van der Waals surface area contributed by atoms with Crippen LogP contribution in [0.2, 0.25) is 5.02 Å². The van der Waals surface area contributed by atoms with Gasteiger partial charge in [-0.25, -0.2) is 0 Å². The molecular weight excluding hydrogens is 300 g/mol. The summed E-state index contributed by atoms with van der Waals surface area (Å²) in [5, 5.41) is 5.26. The van der Waals surface area contributed by atoms with Crippen LogP contribution in [0.4, 0.5) is 11.4 Å². The van der Waals surface area contributed by atoms with Crippen LogP contribution in [0.25, 0.3) is 0 Å². The van der Waals surface area contributed by atoms with Gasteiger partial charge in [-0.15, -0.1) is 23.1 Å². The number of benzene rings is 1. The summed E-state index contributed by atoms with van der Waals surface area (Å²) >= 11 is 9.35. The summed E-state index contributed by atoms with van der Waals surface area (Å²) in [5.74, 6) is 0.703. The first-order valence-corrected chi connectivity index (χ1v) is 7.90. The van der Waals surface area contributed by atoms with E-state index in [0.29, 0.717) is 22.8 Å². The number of carbonyl (C=O) groups excluding carboxylic acids is 1. The number of amides is 1. The van der Waals surface area contributed by atoms with Crippen molar-refractivity contribution >= 4 is 52.0 Å². The lowest BCUT2D eigenvalue weighted by molar-refractivity contribution is -0.115. The van der Waals surface area contributed by atoms with Crippen LogP contribution < -0.4 is 11.1 Å². The highest BCUT2D eigenvalue weighted by molar-refractivity contribution is 8.01. The minimum atomic E-state index is -0.0456. The van der Waals surface area contributed by atoms with Gasteiger partial charge in [-0.05, 0) is 29.6 Å². The number of thioether (sulfide) groups is 1.